The Kier molecular flexibility index (Phi) is 8.99. The summed E-state index contributed by atoms with van der Waals surface area (Å²) in [6.07, 6.45) is 1.80. The number of fused-ring (bicyclic) bond motifs is 3. The third kappa shape index (κ3) is 6.32. The zero-order valence-corrected chi connectivity index (χ0v) is 24.5. The summed E-state index contributed by atoms with van der Waals surface area (Å²) in [6, 6.07) is 18.1. The fraction of sp³-hybridized carbons (Fsp3) is 0.419. The molecule has 0 saturated heterocycles. The van der Waals surface area contributed by atoms with E-state index in [4.69, 9.17) is 9.47 Å². The number of hydrogen-bond donors (Lipinski definition) is 0. The molecule has 0 amide bonds. The summed E-state index contributed by atoms with van der Waals surface area (Å²) in [5.74, 6) is 6.06. The van der Waals surface area contributed by atoms with Crippen molar-refractivity contribution in [1.29, 1.82) is 0 Å². The molecule has 0 N–H and O–H groups in total. The number of esters is 1. The minimum atomic E-state index is -0.624. The van der Waals surface area contributed by atoms with Crippen molar-refractivity contribution in [2.45, 2.75) is 63.4 Å². The Bertz CT molecular complexity index is 1350. The summed E-state index contributed by atoms with van der Waals surface area (Å²) in [4.78, 5) is 28.6. The van der Waals surface area contributed by atoms with Crippen molar-refractivity contribution in [3.8, 4) is 11.8 Å². The molecule has 2 heterocycles. The Labute approximate surface area is 231 Å². The Morgan fingerprint density at radius 3 is 2.50 bits per heavy atom. The van der Waals surface area contributed by atoms with Gasteiger partial charge in [-0.2, -0.15) is 0 Å². The predicted octanol–water partition coefficient (Wildman–Crippen LogP) is 5.12. The molecule has 0 saturated carbocycles. The maximum atomic E-state index is 13.6. The van der Waals surface area contributed by atoms with Crippen molar-refractivity contribution >= 4 is 42.4 Å². The molecule has 4 rings (SSSR count). The fourth-order valence-electron chi connectivity index (χ4n) is 5.05. The van der Waals surface area contributed by atoms with Crippen LogP contribution in [-0.4, -0.2) is 62.3 Å². The number of hydrogen-bond acceptors (Lipinski definition) is 5. The number of benzene rings is 2. The molecule has 2 aromatic carbocycles. The van der Waals surface area contributed by atoms with Gasteiger partial charge < -0.3 is 0 Å². The van der Waals surface area contributed by atoms with Crippen LogP contribution in [0.5, 0.6) is 0 Å². The van der Waals surface area contributed by atoms with Crippen LogP contribution in [0.25, 0.3) is 10.9 Å². The second-order valence-electron chi connectivity index (χ2n) is 10.4. The normalized spacial score (nSPS) is 16.3. The Balaban J connectivity index is 1.75. The molecule has 6 nitrogen and oxygen atoms in total. The molecular weight excluding hydrogens is 543 g/mol. The van der Waals surface area contributed by atoms with Crippen LogP contribution in [0, 0.1) is 11.8 Å². The van der Waals surface area contributed by atoms with Crippen LogP contribution in [0.3, 0.4) is 0 Å². The van der Waals surface area contributed by atoms with E-state index in [9.17, 15) is 9.59 Å². The van der Waals surface area contributed by atoms with Gasteiger partial charge in [-0.25, -0.2) is 0 Å². The molecule has 1 unspecified atom stereocenters. The Hall–Kier alpha value is -3.04. The van der Waals surface area contributed by atoms with Crippen LogP contribution in [0.4, 0.5) is 4.79 Å². The topological polar surface area (TPSA) is 60.8 Å². The first-order chi connectivity index (χ1) is 18.2. The zero-order valence-electron chi connectivity index (χ0n) is 22.8. The van der Waals surface area contributed by atoms with E-state index in [1.165, 1.54) is 12.7 Å². The SMILES string of the molecule is CC#CCN1CCc2c(n(C(=O)OC(C)(C)C)c3ccccc23)[C@@H]1CCC([Se]c1ccccc1)C(=O)OC. The van der Waals surface area contributed by atoms with Gasteiger partial charge in [0.05, 0.1) is 0 Å². The first-order valence-electron chi connectivity index (χ1n) is 13.0. The number of ether oxygens (including phenoxy) is 2. The predicted molar refractivity (Wildman–Crippen MR) is 152 cm³/mol. The number of rotatable bonds is 7. The van der Waals surface area contributed by atoms with Crippen LogP contribution in [0.15, 0.2) is 54.6 Å². The van der Waals surface area contributed by atoms with E-state index in [1.54, 1.807) is 4.57 Å². The van der Waals surface area contributed by atoms with E-state index < -0.39 is 5.60 Å². The van der Waals surface area contributed by atoms with E-state index in [0.29, 0.717) is 19.4 Å². The third-order valence-electron chi connectivity index (χ3n) is 6.65. The quantitative estimate of drug-likeness (QED) is 0.221. The molecule has 3 aromatic rings. The number of para-hydroxylation sites is 1. The zero-order chi connectivity index (χ0) is 27.3. The van der Waals surface area contributed by atoms with E-state index in [2.05, 4.69) is 34.9 Å². The molecule has 0 fully saturated rings. The number of carbonyl (C=O) groups is 2. The van der Waals surface area contributed by atoms with Gasteiger partial charge in [0.25, 0.3) is 0 Å². The molecule has 7 heteroatoms. The summed E-state index contributed by atoms with van der Waals surface area (Å²) in [6.45, 7) is 8.94. The average Bonchev–Trinajstić information content (AvgIpc) is 3.24. The van der Waals surface area contributed by atoms with Gasteiger partial charge in [-0.15, -0.1) is 0 Å². The summed E-state index contributed by atoms with van der Waals surface area (Å²) in [5, 5.41) is 1.08. The average molecular weight is 580 g/mol. The molecule has 1 aliphatic rings. The molecule has 200 valence electrons. The first-order valence-corrected chi connectivity index (χ1v) is 14.9. The van der Waals surface area contributed by atoms with Gasteiger partial charge >= 0.3 is 232 Å². The van der Waals surface area contributed by atoms with E-state index >= 15 is 0 Å². The molecule has 2 atom stereocenters. The maximum absolute atomic E-state index is 13.6. The van der Waals surface area contributed by atoms with Crippen molar-refractivity contribution < 1.29 is 19.1 Å². The second kappa shape index (κ2) is 12.2. The molecule has 1 aromatic heterocycles. The van der Waals surface area contributed by atoms with Gasteiger partial charge in [0.1, 0.15) is 0 Å². The first kappa shape index (κ1) is 28.0. The van der Waals surface area contributed by atoms with Crippen molar-refractivity contribution in [3.63, 3.8) is 0 Å². The van der Waals surface area contributed by atoms with Crippen LogP contribution < -0.4 is 4.46 Å². The van der Waals surface area contributed by atoms with Crippen LogP contribution in [0.2, 0.25) is 4.82 Å². The number of nitrogens with zero attached hydrogens (tertiary/aromatic N) is 2. The van der Waals surface area contributed by atoms with Gasteiger partial charge in [-0.05, 0) is 0 Å². The summed E-state index contributed by atoms with van der Waals surface area (Å²) < 4.78 is 14.0. The van der Waals surface area contributed by atoms with E-state index in [0.717, 1.165) is 34.0 Å². The minimum absolute atomic E-state index is 0.0716. The molecule has 0 bridgehead atoms. The van der Waals surface area contributed by atoms with Crippen LogP contribution >= 0.6 is 0 Å². The van der Waals surface area contributed by atoms with Crippen molar-refractivity contribution in [3.05, 3.63) is 65.9 Å². The molecule has 0 spiro atoms. The molecule has 0 aliphatic carbocycles. The van der Waals surface area contributed by atoms with E-state index in [-0.39, 0.29) is 37.9 Å². The monoisotopic (exact) mass is 580 g/mol. The number of aromatic nitrogens is 1. The third-order valence-corrected chi connectivity index (χ3v) is 9.29. The van der Waals surface area contributed by atoms with Crippen molar-refractivity contribution in [2.75, 3.05) is 20.2 Å². The second-order valence-corrected chi connectivity index (χ2v) is 13.1. The standard InChI is InChI=1S/C31H36N2O4Se/c1-6-7-20-32-21-19-24-23-15-11-12-16-25(23)33(30(35)37-31(2,3)4)28(24)26(32)17-18-27(29(34)36-5)38-22-13-9-8-10-14-22/h8-16,26-27H,17-21H2,1-5H3/t26-,27?/m0/s1. The van der Waals surface area contributed by atoms with Crippen molar-refractivity contribution in [2.24, 2.45) is 0 Å². The molecule has 0 radical (unpaired) electrons. The summed E-state index contributed by atoms with van der Waals surface area (Å²) in [7, 11) is 1.46. The van der Waals surface area contributed by atoms with Gasteiger partial charge in [-0.3, -0.25) is 0 Å². The molecular formula is C31H36N2O4Se. The van der Waals surface area contributed by atoms with Gasteiger partial charge in [0, 0.05) is 0 Å². The number of methoxy groups -OCH3 is 1. The van der Waals surface area contributed by atoms with Crippen LogP contribution in [0.1, 0.15) is 57.8 Å². The Morgan fingerprint density at radius 2 is 1.82 bits per heavy atom. The van der Waals surface area contributed by atoms with Gasteiger partial charge in [0.15, 0.2) is 0 Å². The Morgan fingerprint density at radius 1 is 1.11 bits per heavy atom. The molecule has 1 aliphatic heterocycles. The van der Waals surface area contributed by atoms with Gasteiger partial charge in [0.2, 0.25) is 0 Å². The summed E-state index contributed by atoms with van der Waals surface area (Å²) >= 11 is -0.0716. The van der Waals surface area contributed by atoms with E-state index in [1.807, 2.05) is 64.1 Å². The summed E-state index contributed by atoms with van der Waals surface area (Å²) in [5.41, 5.74) is 2.38. The molecule has 38 heavy (non-hydrogen) atoms. The van der Waals surface area contributed by atoms with Crippen LogP contribution in [-0.2, 0) is 20.7 Å². The number of carbonyl (C=O) groups excluding carboxylic acids is 2. The van der Waals surface area contributed by atoms with Crippen molar-refractivity contribution in [1.82, 2.24) is 9.47 Å². The fourth-order valence-corrected chi connectivity index (χ4v) is 7.33. The van der Waals surface area contributed by atoms with Gasteiger partial charge in [-0.1, -0.05) is 0 Å².